The van der Waals surface area contributed by atoms with Crippen molar-refractivity contribution in [2.45, 2.75) is 74.7 Å². The highest BCUT2D eigenvalue weighted by Gasteiger charge is 2.14. The minimum atomic E-state index is -0.696. The largest absolute Gasteiger partial charge is 0.508 e. The van der Waals surface area contributed by atoms with Gasteiger partial charge in [0, 0.05) is 25.3 Å². The average molecular weight is 676 g/mol. The van der Waals surface area contributed by atoms with Gasteiger partial charge in [0.1, 0.15) is 5.75 Å². The third kappa shape index (κ3) is 21.5. The molecule has 2 aromatic carbocycles. The van der Waals surface area contributed by atoms with Gasteiger partial charge in [-0.2, -0.15) is 0 Å². The van der Waals surface area contributed by atoms with Crippen LogP contribution in [-0.2, 0) is 45.9 Å². The van der Waals surface area contributed by atoms with E-state index in [0.29, 0.717) is 50.7 Å². The molecule has 1 atom stereocenters. The molecule has 0 radical (unpaired) electrons. The van der Waals surface area contributed by atoms with Crippen LogP contribution in [-0.4, -0.2) is 53.9 Å². The van der Waals surface area contributed by atoms with E-state index in [1.807, 2.05) is 90.9 Å². The Morgan fingerprint density at radius 2 is 1.45 bits per heavy atom. The third-order valence-electron chi connectivity index (χ3n) is 6.15. The molecule has 0 saturated heterocycles. The van der Waals surface area contributed by atoms with Crippen LogP contribution in [0.25, 0.3) is 0 Å². The van der Waals surface area contributed by atoms with Crippen LogP contribution in [0.2, 0.25) is 0 Å². The van der Waals surface area contributed by atoms with Crippen LogP contribution in [0, 0.1) is 33.6 Å². The summed E-state index contributed by atoms with van der Waals surface area (Å²) in [5, 5.41) is 17.0. The molecule has 0 aliphatic heterocycles. The third-order valence-corrected chi connectivity index (χ3v) is 6.22. The van der Waals surface area contributed by atoms with E-state index in [0.717, 1.165) is 27.8 Å². The Morgan fingerprint density at radius 3 is 1.96 bits per heavy atom. The first-order valence-electron chi connectivity index (χ1n) is 15.3. The maximum atomic E-state index is 11.4. The van der Waals surface area contributed by atoms with Gasteiger partial charge >= 0.3 is 20.6 Å². The van der Waals surface area contributed by atoms with Crippen LogP contribution < -0.4 is 4.74 Å². The van der Waals surface area contributed by atoms with Gasteiger partial charge in [-0.15, -0.1) is 4.67 Å². The molecule has 0 spiro atoms. The summed E-state index contributed by atoms with van der Waals surface area (Å²) in [5.74, 6) is 0.759. The first-order chi connectivity index (χ1) is 22.4. The molecule has 1 unspecified atom stereocenters. The van der Waals surface area contributed by atoms with E-state index in [9.17, 15) is 14.7 Å². The van der Waals surface area contributed by atoms with Crippen molar-refractivity contribution in [1.29, 1.82) is 0 Å². The summed E-state index contributed by atoms with van der Waals surface area (Å²) in [6, 6.07) is 15.5. The molecule has 3 rings (SSSR count). The Bertz CT molecular complexity index is 1280. The lowest BCUT2D eigenvalue weighted by Crippen LogP contribution is -2.11. The topological polar surface area (TPSA) is 151 Å². The van der Waals surface area contributed by atoms with Gasteiger partial charge in [0.2, 0.25) is 5.88 Å². The summed E-state index contributed by atoms with van der Waals surface area (Å²) in [6.07, 6.45) is 3.22. The Kier molecular flexibility index (Phi) is 24.0. The van der Waals surface area contributed by atoms with Crippen LogP contribution in [0.5, 0.6) is 11.6 Å². The Morgan fingerprint density at radius 1 is 0.851 bits per heavy atom. The van der Waals surface area contributed by atoms with E-state index in [1.54, 1.807) is 19.2 Å². The lowest BCUT2D eigenvalue weighted by atomic mass is 9.93. The number of aromatic hydroxyl groups is 1. The van der Waals surface area contributed by atoms with E-state index in [-0.39, 0.29) is 24.6 Å². The quantitative estimate of drug-likeness (QED) is 0.0458. The van der Waals surface area contributed by atoms with Crippen molar-refractivity contribution in [2.24, 2.45) is 5.92 Å². The molecular formula is C35H50NO10P. The zero-order valence-corrected chi connectivity index (χ0v) is 29.7. The predicted molar refractivity (Wildman–Crippen MR) is 181 cm³/mol. The zero-order chi connectivity index (χ0) is 35.6. The summed E-state index contributed by atoms with van der Waals surface area (Å²) in [7, 11) is -0.696. The molecule has 0 saturated carbocycles. The molecule has 0 fully saturated rings. The van der Waals surface area contributed by atoms with Crippen LogP contribution >= 0.6 is 8.69 Å². The van der Waals surface area contributed by atoms with E-state index >= 15 is 0 Å². The summed E-state index contributed by atoms with van der Waals surface area (Å²) in [4.78, 5) is 26.5. The van der Waals surface area contributed by atoms with Gasteiger partial charge in [0.15, 0.2) is 6.79 Å². The first-order valence-corrected chi connectivity index (χ1v) is 16.1. The molecule has 11 nitrogen and oxygen atoms in total. The molecule has 0 aliphatic carbocycles. The van der Waals surface area contributed by atoms with Crippen LogP contribution in [0.15, 0.2) is 54.7 Å². The monoisotopic (exact) mass is 675 g/mol. The number of pyridine rings is 1. The maximum Gasteiger partial charge on any atom is 0.358 e. The summed E-state index contributed by atoms with van der Waals surface area (Å²) >= 11 is 0. The number of aryl methyl sites for hydroxylation is 4. The highest BCUT2D eigenvalue weighted by Crippen LogP contribution is 2.26. The Labute approximate surface area is 280 Å². The fraction of sp³-hybridized carbons (Fsp3) is 0.457. The molecule has 2 N–H and O–H groups in total. The van der Waals surface area contributed by atoms with Gasteiger partial charge in [-0.1, -0.05) is 48.9 Å². The molecule has 0 amide bonds. The first kappa shape index (κ1) is 43.1. The van der Waals surface area contributed by atoms with E-state index in [4.69, 9.17) is 28.8 Å². The Balaban J connectivity index is 0.000000651. The number of aromatic nitrogens is 1. The van der Waals surface area contributed by atoms with Crippen LogP contribution in [0.4, 0.5) is 0 Å². The van der Waals surface area contributed by atoms with Crippen molar-refractivity contribution in [3.63, 3.8) is 0 Å². The SMILES string of the molecule is CCOC(=O)CC(C)Cc1c(C)cc(C)cc1O.CCOC(=O)Cc1ccc(C)cc1.CCOCOc1ccc(C)cn1.O=POO. The van der Waals surface area contributed by atoms with Crippen LogP contribution in [0.1, 0.15) is 67.5 Å². The van der Waals surface area contributed by atoms with Crippen molar-refractivity contribution >= 4 is 20.6 Å². The van der Waals surface area contributed by atoms with E-state index in [1.165, 1.54) is 5.56 Å². The number of phenolic OH excluding ortho intramolecular Hbond substituents is 1. The second-order valence-corrected chi connectivity index (χ2v) is 10.8. The van der Waals surface area contributed by atoms with Gasteiger partial charge in [-0.05, 0) is 94.7 Å². The van der Waals surface area contributed by atoms with Crippen molar-refractivity contribution < 1.29 is 48.1 Å². The number of phenols is 1. The fourth-order valence-electron chi connectivity index (χ4n) is 3.98. The second kappa shape index (κ2) is 26.2. The Hall–Kier alpha value is -3.89. The number of nitrogens with zero attached hydrogens (tertiary/aromatic N) is 1. The van der Waals surface area contributed by atoms with Crippen molar-refractivity contribution in [3.8, 4) is 11.6 Å². The standard InChI is InChI=1S/C15H22O3.C11H14O2.C9H13NO2.HO3P/c1-5-18-15(17)9-11(3)7-13-12(4)6-10(2)8-14(13)16;1-3-13-11(12)8-10-6-4-9(2)5-7-10;1-3-11-7-12-9-5-4-8(2)6-10-9;1-3-4-2/h6,8,11,16H,5,7,9H2,1-4H3;4-7H,3,8H2,1-2H3;4-6H,3,7H2,1-2H3;1H. The summed E-state index contributed by atoms with van der Waals surface area (Å²) < 4.78 is 31.7. The number of ether oxygens (including phenoxy) is 4. The number of hydrogen-bond acceptors (Lipinski definition) is 11. The minimum Gasteiger partial charge on any atom is -0.508 e. The van der Waals surface area contributed by atoms with Crippen molar-refractivity contribution in [2.75, 3.05) is 26.6 Å². The zero-order valence-electron chi connectivity index (χ0n) is 28.8. The fourth-order valence-corrected chi connectivity index (χ4v) is 3.98. The van der Waals surface area contributed by atoms with E-state index < -0.39 is 8.69 Å². The van der Waals surface area contributed by atoms with Crippen molar-refractivity contribution in [3.05, 3.63) is 88.1 Å². The molecule has 12 heteroatoms. The highest BCUT2D eigenvalue weighted by atomic mass is 31.1. The second-order valence-electron chi connectivity index (χ2n) is 10.5. The molecule has 0 bridgehead atoms. The number of carbonyl (C=O) groups excluding carboxylic acids is 2. The molecule has 47 heavy (non-hydrogen) atoms. The summed E-state index contributed by atoms with van der Waals surface area (Å²) in [5.41, 5.74) is 6.38. The van der Waals surface area contributed by atoms with E-state index in [2.05, 4.69) is 9.66 Å². The van der Waals surface area contributed by atoms with Gasteiger partial charge < -0.3 is 24.1 Å². The van der Waals surface area contributed by atoms with Gasteiger partial charge in [0.05, 0.1) is 19.6 Å². The van der Waals surface area contributed by atoms with Gasteiger partial charge in [-0.25, -0.2) is 14.8 Å². The number of rotatable bonds is 13. The summed E-state index contributed by atoms with van der Waals surface area (Å²) in [6.45, 7) is 17.3. The number of benzene rings is 2. The number of hydrogen-bond donors (Lipinski definition) is 2. The lowest BCUT2D eigenvalue weighted by molar-refractivity contribution is -0.144. The number of esters is 2. The molecule has 3 aromatic rings. The molecule has 1 aromatic heterocycles. The molecular weight excluding hydrogens is 625 g/mol. The lowest BCUT2D eigenvalue weighted by Gasteiger charge is -2.14. The van der Waals surface area contributed by atoms with Crippen LogP contribution in [0.3, 0.4) is 0 Å². The molecule has 1 heterocycles. The molecule has 0 aliphatic rings. The maximum absolute atomic E-state index is 11.4. The molecule has 260 valence electrons. The highest BCUT2D eigenvalue weighted by molar-refractivity contribution is 7.17. The minimum absolute atomic E-state index is 0.161. The average Bonchev–Trinajstić information content (AvgIpc) is 3.02. The van der Waals surface area contributed by atoms with Gasteiger partial charge in [-0.3, -0.25) is 9.59 Å². The predicted octanol–water partition coefficient (Wildman–Crippen LogP) is 7.69. The van der Waals surface area contributed by atoms with Gasteiger partial charge in [0.25, 0.3) is 0 Å². The number of carbonyl (C=O) groups is 2. The normalized spacial score (nSPS) is 10.6. The smallest absolute Gasteiger partial charge is 0.358 e. The van der Waals surface area contributed by atoms with Crippen molar-refractivity contribution in [1.82, 2.24) is 4.98 Å².